The molecule has 112 valence electrons. The predicted molar refractivity (Wildman–Crippen MR) is 87.5 cm³/mol. The monoisotopic (exact) mass is 305 g/mol. The van der Waals surface area contributed by atoms with Crippen molar-refractivity contribution in [3.63, 3.8) is 0 Å². The molecule has 0 aromatic heterocycles. The van der Waals surface area contributed by atoms with Crippen LogP contribution in [0.15, 0.2) is 36.4 Å². The maximum Gasteiger partial charge on any atom is 0.142 e. The zero-order valence-electron chi connectivity index (χ0n) is 12.7. The van der Waals surface area contributed by atoms with Crippen LogP contribution in [0.2, 0.25) is 5.02 Å². The molecule has 0 saturated carbocycles. The van der Waals surface area contributed by atoms with Gasteiger partial charge in [0, 0.05) is 0 Å². The fourth-order valence-corrected chi connectivity index (χ4v) is 2.77. The molecule has 0 aliphatic rings. The smallest absolute Gasteiger partial charge is 0.142 e. The zero-order valence-corrected chi connectivity index (χ0v) is 13.5. The molecule has 2 rings (SSSR count). The number of aryl methyl sites for hydroxylation is 2. The molecule has 0 aliphatic heterocycles. The van der Waals surface area contributed by atoms with Crippen LogP contribution in [0.25, 0.3) is 0 Å². The van der Waals surface area contributed by atoms with E-state index < -0.39 is 0 Å². The van der Waals surface area contributed by atoms with Crippen molar-refractivity contribution in [2.45, 2.75) is 32.7 Å². The van der Waals surface area contributed by atoms with E-state index in [1.165, 1.54) is 22.8 Å². The molecule has 1 N–H and O–H groups in total. The molecule has 1 atom stereocenters. The van der Waals surface area contributed by atoms with E-state index in [9.17, 15) is 4.39 Å². The maximum atomic E-state index is 13.8. The Bertz CT molecular complexity index is 625. The van der Waals surface area contributed by atoms with Crippen LogP contribution in [-0.2, 0) is 12.8 Å². The van der Waals surface area contributed by atoms with E-state index in [0.717, 1.165) is 18.4 Å². The fraction of sp³-hybridized carbons (Fsp3) is 0.333. The highest BCUT2D eigenvalue weighted by Crippen LogP contribution is 2.28. The lowest BCUT2D eigenvalue weighted by atomic mass is 9.91. The summed E-state index contributed by atoms with van der Waals surface area (Å²) in [5.41, 5.74) is 4.67. The minimum absolute atomic E-state index is 0.0294. The van der Waals surface area contributed by atoms with E-state index in [-0.39, 0.29) is 16.9 Å². The quantitative estimate of drug-likeness (QED) is 0.827. The predicted octanol–water partition coefficient (Wildman–Crippen LogP) is 4.91. The van der Waals surface area contributed by atoms with E-state index in [1.54, 1.807) is 6.07 Å². The lowest BCUT2D eigenvalue weighted by Gasteiger charge is -2.21. The second-order valence-corrected chi connectivity index (χ2v) is 5.54. The van der Waals surface area contributed by atoms with E-state index in [1.807, 2.05) is 13.1 Å². The van der Waals surface area contributed by atoms with Crippen LogP contribution in [0.3, 0.4) is 0 Å². The number of halogens is 2. The van der Waals surface area contributed by atoms with Crippen LogP contribution in [0, 0.1) is 5.82 Å². The molecule has 0 radical (unpaired) electrons. The SMILES string of the molecule is CCc1ccc(CC)c(C(NC)c2ccc(Cl)c(F)c2)c1. The number of rotatable bonds is 5. The van der Waals surface area contributed by atoms with Crippen molar-refractivity contribution >= 4 is 11.6 Å². The third-order valence-corrected chi connectivity index (χ3v) is 4.18. The third kappa shape index (κ3) is 3.45. The van der Waals surface area contributed by atoms with Crippen LogP contribution in [0.5, 0.6) is 0 Å². The lowest BCUT2D eigenvalue weighted by molar-refractivity contribution is 0.616. The summed E-state index contributed by atoms with van der Waals surface area (Å²) in [6, 6.07) is 11.5. The maximum absolute atomic E-state index is 13.8. The molecular formula is C18H21ClFN. The summed E-state index contributed by atoms with van der Waals surface area (Å²) in [6.07, 6.45) is 1.94. The molecule has 0 aliphatic carbocycles. The van der Waals surface area contributed by atoms with Gasteiger partial charge in [-0.1, -0.05) is 49.7 Å². The van der Waals surface area contributed by atoms with E-state index in [4.69, 9.17) is 11.6 Å². The first-order valence-corrected chi connectivity index (χ1v) is 7.72. The molecule has 1 nitrogen and oxygen atoms in total. The van der Waals surface area contributed by atoms with E-state index in [2.05, 4.69) is 37.4 Å². The highest BCUT2D eigenvalue weighted by atomic mass is 35.5. The molecule has 0 fully saturated rings. The van der Waals surface area contributed by atoms with Gasteiger partial charge in [-0.3, -0.25) is 0 Å². The first kappa shape index (κ1) is 16.0. The van der Waals surface area contributed by atoms with Crippen molar-refractivity contribution in [2.24, 2.45) is 0 Å². The summed E-state index contributed by atoms with van der Waals surface area (Å²) in [5, 5.41) is 3.46. The Labute approximate surface area is 131 Å². The van der Waals surface area contributed by atoms with Crippen molar-refractivity contribution < 1.29 is 4.39 Å². The van der Waals surface area contributed by atoms with Gasteiger partial charge in [0.25, 0.3) is 0 Å². The third-order valence-electron chi connectivity index (χ3n) is 3.88. The van der Waals surface area contributed by atoms with Crippen LogP contribution in [-0.4, -0.2) is 7.05 Å². The molecule has 2 aromatic carbocycles. The van der Waals surface area contributed by atoms with Crippen molar-refractivity contribution in [3.8, 4) is 0 Å². The van der Waals surface area contributed by atoms with E-state index >= 15 is 0 Å². The van der Waals surface area contributed by atoms with Gasteiger partial charge in [-0.25, -0.2) is 4.39 Å². The Morgan fingerprint density at radius 3 is 2.43 bits per heavy atom. The Morgan fingerprint density at radius 1 is 1.10 bits per heavy atom. The average Bonchev–Trinajstić information content (AvgIpc) is 2.51. The van der Waals surface area contributed by atoms with Gasteiger partial charge in [-0.05, 0) is 54.3 Å². The van der Waals surface area contributed by atoms with Crippen molar-refractivity contribution in [3.05, 3.63) is 69.5 Å². The zero-order chi connectivity index (χ0) is 15.4. The van der Waals surface area contributed by atoms with Crippen LogP contribution in [0.4, 0.5) is 4.39 Å². The van der Waals surface area contributed by atoms with Gasteiger partial charge in [-0.15, -0.1) is 0 Å². The molecule has 0 amide bonds. The first-order valence-electron chi connectivity index (χ1n) is 7.34. The molecule has 2 aromatic rings. The van der Waals surface area contributed by atoms with Crippen LogP contribution < -0.4 is 5.32 Å². The van der Waals surface area contributed by atoms with E-state index in [0.29, 0.717) is 0 Å². The highest BCUT2D eigenvalue weighted by molar-refractivity contribution is 6.30. The van der Waals surface area contributed by atoms with Gasteiger partial charge in [-0.2, -0.15) is 0 Å². The number of hydrogen-bond donors (Lipinski definition) is 1. The molecule has 0 saturated heterocycles. The number of nitrogens with one attached hydrogen (secondary N) is 1. The van der Waals surface area contributed by atoms with Gasteiger partial charge in [0.2, 0.25) is 0 Å². The Hall–Kier alpha value is -1.38. The molecule has 21 heavy (non-hydrogen) atoms. The summed E-state index contributed by atoms with van der Waals surface area (Å²) in [5.74, 6) is -0.376. The van der Waals surface area contributed by atoms with Gasteiger partial charge in [0.15, 0.2) is 0 Å². The second-order valence-electron chi connectivity index (χ2n) is 5.14. The average molecular weight is 306 g/mol. The van der Waals surface area contributed by atoms with Gasteiger partial charge >= 0.3 is 0 Å². The summed E-state index contributed by atoms with van der Waals surface area (Å²) < 4.78 is 13.8. The highest BCUT2D eigenvalue weighted by Gasteiger charge is 2.17. The lowest BCUT2D eigenvalue weighted by Crippen LogP contribution is -2.19. The van der Waals surface area contributed by atoms with Gasteiger partial charge in [0.1, 0.15) is 5.82 Å². The van der Waals surface area contributed by atoms with Crippen LogP contribution >= 0.6 is 11.6 Å². The summed E-state index contributed by atoms with van der Waals surface area (Å²) in [7, 11) is 1.90. The Kier molecular flexibility index (Phi) is 5.38. The normalized spacial score (nSPS) is 12.4. The minimum Gasteiger partial charge on any atom is -0.309 e. The summed E-state index contributed by atoms with van der Waals surface area (Å²) >= 11 is 5.79. The molecular weight excluding hydrogens is 285 g/mol. The molecule has 0 spiro atoms. The first-order chi connectivity index (χ1) is 10.1. The Balaban J connectivity index is 2.51. The van der Waals surface area contributed by atoms with Crippen molar-refractivity contribution in [1.29, 1.82) is 0 Å². The minimum atomic E-state index is -0.376. The van der Waals surface area contributed by atoms with Crippen molar-refractivity contribution in [2.75, 3.05) is 7.05 Å². The Morgan fingerprint density at radius 2 is 1.86 bits per heavy atom. The van der Waals surface area contributed by atoms with Crippen molar-refractivity contribution in [1.82, 2.24) is 5.32 Å². The molecule has 1 unspecified atom stereocenters. The number of benzene rings is 2. The van der Waals surface area contributed by atoms with Gasteiger partial charge < -0.3 is 5.32 Å². The standard InChI is InChI=1S/C18H21ClFN/c1-4-12-6-7-13(5-2)15(10-12)18(21-3)14-8-9-16(19)17(20)11-14/h6-11,18,21H,4-5H2,1-3H3. The molecule has 0 bridgehead atoms. The second kappa shape index (κ2) is 7.06. The number of hydrogen-bond acceptors (Lipinski definition) is 1. The van der Waals surface area contributed by atoms with Crippen LogP contribution in [0.1, 0.15) is 42.1 Å². The molecule has 0 heterocycles. The largest absolute Gasteiger partial charge is 0.309 e. The fourth-order valence-electron chi connectivity index (χ4n) is 2.65. The summed E-state index contributed by atoms with van der Waals surface area (Å²) in [4.78, 5) is 0. The summed E-state index contributed by atoms with van der Waals surface area (Å²) in [6.45, 7) is 4.28. The van der Waals surface area contributed by atoms with Gasteiger partial charge in [0.05, 0.1) is 11.1 Å². The molecule has 3 heteroatoms. The topological polar surface area (TPSA) is 12.0 Å².